The highest BCUT2D eigenvalue weighted by Gasteiger charge is 2.12. The Morgan fingerprint density at radius 3 is 1.96 bits per heavy atom. The first-order valence-electron chi connectivity index (χ1n) is 6.35. The first kappa shape index (κ1) is 17.2. The van der Waals surface area contributed by atoms with Crippen LogP contribution in [0.1, 0.15) is 6.42 Å². The van der Waals surface area contributed by atoms with E-state index in [1.807, 2.05) is 0 Å². The normalized spacial score (nSPS) is 10.3. The number of hydrogen-bond donors (Lipinski definition) is 2. The molecule has 4 nitrogen and oxygen atoms in total. The molecule has 0 heterocycles. The van der Waals surface area contributed by atoms with Gasteiger partial charge in [0.2, 0.25) is 11.8 Å². The first-order valence-corrected chi connectivity index (χ1v) is 7.10. The van der Waals surface area contributed by atoms with Gasteiger partial charge in [0.25, 0.3) is 0 Å². The van der Waals surface area contributed by atoms with Gasteiger partial charge in [-0.3, -0.25) is 9.59 Å². The van der Waals surface area contributed by atoms with Gasteiger partial charge < -0.3 is 10.6 Å². The summed E-state index contributed by atoms with van der Waals surface area (Å²) in [6.45, 7) is 0. The molecule has 120 valence electrons. The number of amides is 2. The van der Waals surface area contributed by atoms with Crippen LogP contribution in [0.15, 0.2) is 36.4 Å². The molecule has 2 aromatic rings. The van der Waals surface area contributed by atoms with Crippen molar-refractivity contribution >= 4 is 46.4 Å². The van der Waals surface area contributed by atoms with E-state index in [-0.39, 0.29) is 10.7 Å². The molecule has 0 unspecified atom stereocenters. The van der Waals surface area contributed by atoms with Crippen LogP contribution in [0.2, 0.25) is 10.0 Å². The average molecular weight is 359 g/mol. The van der Waals surface area contributed by atoms with Crippen LogP contribution < -0.4 is 10.6 Å². The van der Waals surface area contributed by atoms with Gasteiger partial charge in [-0.05, 0) is 30.3 Å². The van der Waals surface area contributed by atoms with Crippen molar-refractivity contribution in [2.24, 2.45) is 0 Å². The zero-order valence-electron chi connectivity index (χ0n) is 11.5. The summed E-state index contributed by atoms with van der Waals surface area (Å²) in [6, 6.07) is 7.35. The van der Waals surface area contributed by atoms with Crippen LogP contribution in [0.3, 0.4) is 0 Å². The Morgan fingerprint density at radius 1 is 0.826 bits per heavy atom. The molecule has 0 aromatic heterocycles. The van der Waals surface area contributed by atoms with Crippen molar-refractivity contribution in [3.63, 3.8) is 0 Å². The monoisotopic (exact) mass is 358 g/mol. The third-order valence-electron chi connectivity index (χ3n) is 2.73. The minimum Gasteiger partial charge on any atom is -0.326 e. The molecule has 2 aromatic carbocycles. The van der Waals surface area contributed by atoms with Gasteiger partial charge in [-0.15, -0.1) is 0 Å². The van der Waals surface area contributed by atoms with E-state index in [9.17, 15) is 18.4 Å². The molecule has 2 N–H and O–H groups in total. The highest BCUT2D eigenvalue weighted by Crippen LogP contribution is 2.25. The maximum atomic E-state index is 13.0. The van der Waals surface area contributed by atoms with Crippen LogP contribution in [-0.2, 0) is 9.59 Å². The standard InChI is InChI=1S/C15H10Cl2F2N2O2/c16-10-3-1-8(5-11(10)17)20-14(22)7-15(23)21-9-2-4-12(18)13(19)6-9/h1-6H,7H2,(H,20,22)(H,21,23). The summed E-state index contributed by atoms with van der Waals surface area (Å²) in [5.41, 5.74) is 0.432. The number of carbonyl (C=O) groups is 2. The Kier molecular flexibility index (Phi) is 5.52. The zero-order chi connectivity index (χ0) is 17.0. The highest BCUT2D eigenvalue weighted by molar-refractivity contribution is 6.42. The number of anilines is 2. The maximum absolute atomic E-state index is 13.0. The Morgan fingerprint density at radius 2 is 1.39 bits per heavy atom. The van der Waals surface area contributed by atoms with E-state index in [1.165, 1.54) is 24.3 Å². The van der Waals surface area contributed by atoms with E-state index in [2.05, 4.69) is 10.6 Å². The van der Waals surface area contributed by atoms with Crippen LogP contribution in [0.5, 0.6) is 0 Å². The molecule has 8 heteroatoms. The second-order valence-electron chi connectivity index (χ2n) is 4.53. The number of benzene rings is 2. The molecule has 0 spiro atoms. The van der Waals surface area contributed by atoms with E-state index < -0.39 is 29.9 Å². The number of rotatable bonds is 4. The van der Waals surface area contributed by atoms with Crippen molar-refractivity contribution < 1.29 is 18.4 Å². The van der Waals surface area contributed by atoms with Crippen molar-refractivity contribution in [1.29, 1.82) is 0 Å². The quantitative estimate of drug-likeness (QED) is 0.803. The Labute approximate surface area is 140 Å². The van der Waals surface area contributed by atoms with Gasteiger partial charge in [0.15, 0.2) is 11.6 Å². The second-order valence-corrected chi connectivity index (χ2v) is 5.35. The minimum absolute atomic E-state index is 0.0521. The largest absolute Gasteiger partial charge is 0.326 e. The second kappa shape index (κ2) is 7.39. The van der Waals surface area contributed by atoms with Gasteiger partial charge in [-0.25, -0.2) is 8.78 Å². The van der Waals surface area contributed by atoms with Gasteiger partial charge in [0.05, 0.1) is 10.0 Å². The molecule has 0 radical (unpaired) electrons. The summed E-state index contributed by atoms with van der Waals surface area (Å²) in [5.74, 6) is -3.39. The third kappa shape index (κ3) is 4.91. The van der Waals surface area contributed by atoms with E-state index in [4.69, 9.17) is 23.2 Å². The fraction of sp³-hybridized carbons (Fsp3) is 0.0667. The minimum atomic E-state index is -1.09. The molecule has 2 rings (SSSR count). The zero-order valence-corrected chi connectivity index (χ0v) is 13.0. The molecule has 0 atom stereocenters. The molecule has 0 aliphatic heterocycles. The van der Waals surface area contributed by atoms with Gasteiger partial charge in [0.1, 0.15) is 6.42 Å². The van der Waals surface area contributed by atoms with Gasteiger partial charge in [-0.2, -0.15) is 0 Å². The summed E-state index contributed by atoms with van der Waals surface area (Å²) >= 11 is 11.6. The van der Waals surface area contributed by atoms with Gasteiger partial charge in [0, 0.05) is 17.4 Å². The molecular formula is C15H10Cl2F2N2O2. The van der Waals surface area contributed by atoms with E-state index in [0.717, 1.165) is 12.1 Å². The van der Waals surface area contributed by atoms with Crippen molar-refractivity contribution in [3.05, 3.63) is 58.1 Å². The van der Waals surface area contributed by atoms with Crippen molar-refractivity contribution in [2.75, 3.05) is 10.6 Å². The summed E-state index contributed by atoms with van der Waals surface area (Å²) < 4.78 is 25.8. The van der Waals surface area contributed by atoms with Crippen molar-refractivity contribution in [2.45, 2.75) is 6.42 Å². The van der Waals surface area contributed by atoms with Crippen LogP contribution in [0.4, 0.5) is 20.2 Å². The fourth-order valence-corrected chi connectivity index (χ4v) is 2.00. The van der Waals surface area contributed by atoms with E-state index >= 15 is 0 Å². The van der Waals surface area contributed by atoms with Crippen LogP contribution in [0, 0.1) is 11.6 Å². The lowest BCUT2D eigenvalue weighted by molar-refractivity contribution is -0.123. The van der Waals surface area contributed by atoms with Crippen LogP contribution >= 0.6 is 23.2 Å². The Balaban J connectivity index is 1.92. The summed E-state index contributed by atoms with van der Waals surface area (Å²) in [7, 11) is 0. The molecule has 0 saturated heterocycles. The van der Waals surface area contributed by atoms with E-state index in [0.29, 0.717) is 10.7 Å². The van der Waals surface area contributed by atoms with Gasteiger partial charge in [-0.1, -0.05) is 23.2 Å². The predicted molar refractivity (Wildman–Crippen MR) is 84.7 cm³/mol. The molecule has 0 aliphatic carbocycles. The molecule has 0 aliphatic rings. The molecule has 0 fully saturated rings. The van der Waals surface area contributed by atoms with Gasteiger partial charge >= 0.3 is 0 Å². The molecule has 2 amide bonds. The fourth-order valence-electron chi connectivity index (χ4n) is 1.70. The first-order chi connectivity index (χ1) is 10.8. The SMILES string of the molecule is O=C(CC(=O)Nc1ccc(Cl)c(Cl)c1)Nc1ccc(F)c(F)c1. The topological polar surface area (TPSA) is 58.2 Å². The molecule has 23 heavy (non-hydrogen) atoms. The Hall–Kier alpha value is -2.18. The highest BCUT2D eigenvalue weighted by atomic mass is 35.5. The van der Waals surface area contributed by atoms with Crippen LogP contribution in [-0.4, -0.2) is 11.8 Å². The lowest BCUT2D eigenvalue weighted by atomic mass is 10.2. The number of nitrogens with one attached hydrogen (secondary N) is 2. The Bertz CT molecular complexity index is 706. The summed E-state index contributed by atoms with van der Waals surface area (Å²) in [4.78, 5) is 23.4. The lowest BCUT2D eigenvalue weighted by Gasteiger charge is -2.07. The average Bonchev–Trinajstić information content (AvgIpc) is 2.46. The summed E-state index contributed by atoms with van der Waals surface area (Å²) in [5, 5.41) is 5.36. The predicted octanol–water partition coefficient (Wildman–Crippen LogP) is 4.24. The van der Waals surface area contributed by atoms with Crippen LogP contribution in [0.25, 0.3) is 0 Å². The summed E-state index contributed by atoms with van der Waals surface area (Å²) in [6.07, 6.45) is -0.501. The smallest absolute Gasteiger partial charge is 0.233 e. The van der Waals surface area contributed by atoms with Crippen molar-refractivity contribution in [3.8, 4) is 0 Å². The number of halogens is 4. The number of hydrogen-bond acceptors (Lipinski definition) is 2. The lowest BCUT2D eigenvalue weighted by Crippen LogP contribution is -2.21. The number of carbonyl (C=O) groups excluding carboxylic acids is 2. The van der Waals surface area contributed by atoms with Crippen molar-refractivity contribution in [1.82, 2.24) is 0 Å². The molecule has 0 saturated carbocycles. The maximum Gasteiger partial charge on any atom is 0.233 e. The molecule has 0 bridgehead atoms. The molecular weight excluding hydrogens is 349 g/mol. The van der Waals surface area contributed by atoms with E-state index in [1.54, 1.807) is 0 Å². The third-order valence-corrected chi connectivity index (χ3v) is 3.47.